The molecule has 29 heavy (non-hydrogen) atoms. The van der Waals surface area contributed by atoms with E-state index >= 15 is 0 Å². The summed E-state index contributed by atoms with van der Waals surface area (Å²) in [6.07, 6.45) is 0. The van der Waals surface area contributed by atoms with Crippen LogP contribution >= 0.6 is 11.6 Å². The number of aliphatic hydroxyl groups excluding tert-OH is 1. The van der Waals surface area contributed by atoms with E-state index in [4.69, 9.17) is 11.6 Å². The molecule has 4 heteroatoms. The first-order chi connectivity index (χ1) is 13.9. The van der Waals surface area contributed by atoms with Crippen molar-refractivity contribution in [2.75, 3.05) is 0 Å². The number of carbonyl (C=O) groups is 1. The predicted molar refractivity (Wildman–Crippen MR) is 117 cm³/mol. The Morgan fingerprint density at radius 3 is 2.00 bits per heavy atom. The first kappa shape index (κ1) is 19.3. The third kappa shape index (κ3) is 3.79. The molecular formula is C25H22ClNO2. The smallest absolute Gasteiger partial charge is 0.290 e. The number of halogens is 1. The van der Waals surface area contributed by atoms with Gasteiger partial charge in [0, 0.05) is 17.1 Å². The summed E-state index contributed by atoms with van der Waals surface area (Å²) in [5.74, 6) is -0.547. The molecule has 3 aromatic rings. The molecule has 1 heterocycles. The monoisotopic (exact) mass is 403 g/mol. The SMILES string of the molecule is Cc1ccc(C2=C(O)C(=O)N(Cc3ccc(Cl)cc3)[C@@H]2c2ccc(C)cc2)cc1. The highest BCUT2D eigenvalue weighted by atomic mass is 35.5. The number of benzene rings is 3. The Morgan fingerprint density at radius 1 is 0.862 bits per heavy atom. The highest BCUT2D eigenvalue weighted by molar-refractivity contribution is 6.30. The van der Waals surface area contributed by atoms with Gasteiger partial charge in [0.2, 0.25) is 0 Å². The second-order valence-corrected chi connectivity index (χ2v) is 7.94. The fourth-order valence-electron chi connectivity index (χ4n) is 3.73. The van der Waals surface area contributed by atoms with E-state index in [9.17, 15) is 9.90 Å². The molecule has 4 rings (SSSR count). The summed E-state index contributed by atoms with van der Waals surface area (Å²) >= 11 is 6.01. The number of hydrogen-bond donors (Lipinski definition) is 1. The number of hydrogen-bond acceptors (Lipinski definition) is 2. The summed E-state index contributed by atoms with van der Waals surface area (Å²) < 4.78 is 0. The summed E-state index contributed by atoms with van der Waals surface area (Å²) in [6, 6.07) is 23.1. The zero-order valence-electron chi connectivity index (χ0n) is 16.4. The molecule has 0 fully saturated rings. The van der Waals surface area contributed by atoms with Crippen molar-refractivity contribution in [3.8, 4) is 0 Å². The quantitative estimate of drug-likeness (QED) is 0.579. The van der Waals surface area contributed by atoms with E-state index in [0.29, 0.717) is 17.1 Å². The van der Waals surface area contributed by atoms with Crippen LogP contribution in [0.1, 0.15) is 33.9 Å². The first-order valence-corrected chi connectivity index (χ1v) is 9.94. The Bertz CT molecular complexity index is 1070. The van der Waals surface area contributed by atoms with Crippen molar-refractivity contribution in [1.29, 1.82) is 0 Å². The van der Waals surface area contributed by atoms with E-state index in [-0.39, 0.29) is 17.7 Å². The van der Waals surface area contributed by atoms with Gasteiger partial charge in [-0.15, -0.1) is 0 Å². The summed E-state index contributed by atoms with van der Waals surface area (Å²) in [6.45, 7) is 4.43. The van der Waals surface area contributed by atoms with Crippen molar-refractivity contribution in [2.24, 2.45) is 0 Å². The standard InChI is InChI=1S/C25H22ClNO2/c1-16-3-9-19(10-4-16)22-23(20-11-5-17(2)6-12-20)27(25(29)24(22)28)15-18-7-13-21(26)14-8-18/h3-14,23,28H,15H2,1-2H3/t23-/m1/s1. The van der Waals surface area contributed by atoms with Crippen LogP contribution in [-0.2, 0) is 11.3 Å². The van der Waals surface area contributed by atoms with Crippen molar-refractivity contribution < 1.29 is 9.90 Å². The number of nitrogens with zero attached hydrogens (tertiary/aromatic N) is 1. The molecule has 0 bridgehead atoms. The topological polar surface area (TPSA) is 40.5 Å². The van der Waals surface area contributed by atoms with Crippen LogP contribution in [0.2, 0.25) is 5.02 Å². The minimum atomic E-state index is -0.360. The Morgan fingerprint density at radius 2 is 1.41 bits per heavy atom. The molecule has 3 nitrogen and oxygen atoms in total. The van der Waals surface area contributed by atoms with E-state index < -0.39 is 0 Å². The molecule has 0 spiro atoms. The van der Waals surface area contributed by atoms with Gasteiger partial charge in [-0.25, -0.2) is 0 Å². The summed E-state index contributed by atoms with van der Waals surface area (Å²) in [4.78, 5) is 14.8. The maximum atomic E-state index is 13.1. The van der Waals surface area contributed by atoms with Gasteiger partial charge in [-0.1, -0.05) is 83.4 Å². The van der Waals surface area contributed by atoms with Crippen LogP contribution in [0.4, 0.5) is 0 Å². The van der Waals surface area contributed by atoms with Gasteiger partial charge >= 0.3 is 0 Å². The van der Waals surface area contributed by atoms with Crippen LogP contribution in [0.3, 0.4) is 0 Å². The third-order valence-electron chi connectivity index (χ3n) is 5.33. The molecule has 1 amide bonds. The number of aryl methyl sites for hydroxylation is 2. The van der Waals surface area contributed by atoms with Gasteiger partial charge in [-0.3, -0.25) is 4.79 Å². The van der Waals surface area contributed by atoms with Crippen LogP contribution < -0.4 is 0 Å². The molecule has 0 unspecified atom stereocenters. The molecular weight excluding hydrogens is 382 g/mol. The van der Waals surface area contributed by atoms with Gasteiger partial charge < -0.3 is 10.0 Å². The van der Waals surface area contributed by atoms with E-state index in [1.807, 2.05) is 86.6 Å². The molecule has 1 aliphatic heterocycles. The molecule has 1 N–H and O–H groups in total. The summed E-state index contributed by atoms with van der Waals surface area (Å²) in [5.41, 5.74) is 5.70. The molecule has 0 aliphatic carbocycles. The predicted octanol–water partition coefficient (Wildman–Crippen LogP) is 6.01. The highest BCUT2D eigenvalue weighted by Crippen LogP contribution is 2.43. The van der Waals surface area contributed by atoms with Gasteiger partial charge in [0.05, 0.1) is 6.04 Å². The van der Waals surface area contributed by atoms with Gasteiger partial charge in [-0.05, 0) is 42.7 Å². The average Bonchev–Trinajstić information content (AvgIpc) is 2.96. The van der Waals surface area contributed by atoms with E-state index in [1.165, 1.54) is 0 Å². The molecule has 1 aliphatic rings. The van der Waals surface area contributed by atoms with Crippen LogP contribution in [0.25, 0.3) is 5.57 Å². The fourth-order valence-corrected chi connectivity index (χ4v) is 3.85. The van der Waals surface area contributed by atoms with Gasteiger partial charge in [0.15, 0.2) is 5.76 Å². The van der Waals surface area contributed by atoms with Crippen LogP contribution in [0.15, 0.2) is 78.6 Å². The highest BCUT2D eigenvalue weighted by Gasteiger charge is 2.40. The van der Waals surface area contributed by atoms with Gasteiger partial charge in [0.25, 0.3) is 5.91 Å². The lowest BCUT2D eigenvalue weighted by molar-refractivity contribution is -0.130. The van der Waals surface area contributed by atoms with Crippen molar-refractivity contribution >= 4 is 23.1 Å². The average molecular weight is 404 g/mol. The zero-order chi connectivity index (χ0) is 20.5. The molecule has 1 atom stereocenters. The Balaban J connectivity index is 1.80. The summed E-state index contributed by atoms with van der Waals surface area (Å²) in [5, 5.41) is 11.5. The largest absolute Gasteiger partial charge is 0.503 e. The van der Waals surface area contributed by atoms with Gasteiger partial charge in [0.1, 0.15) is 0 Å². The number of amides is 1. The molecule has 0 saturated heterocycles. The van der Waals surface area contributed by atoms with E-state index in [0.717, 1.165) is 27.8 Å². The molecule has 146 valence electrons. The maximum absolute atomic E-state index is 13.1. The van der Waals surface area contributed by atoms with Gasteiger partial charge in [-0.2, -0.15) is 0 Å². The van der Waals surface area contributed by atoms with Crippen molar-refractivity contribution in [2.45, 2.75) is 26.4 Å². The van der Waals surface area contributed by atoms with Crippen molar-refractivity contribution in [3.05, 3.63) is 111 Å². The van der Waals surface area contributed by atoms with E-state index in [2.05, 4.69) is 0 Å². The Kier molecular flexibility index (Phi) is 5.16. The Hall–Kier alpha value is -3.04. The zero-order valence-corrected chi connectivity index (χ0v) is 17.1. The number of carbonyl (C=O) groups excluding carboxylic acids is 1. The molecule has 0 radical (unpaired) electrons. The first-order valence-electron chi connectivity index (χ1n) is 9.56. The Labute approximate surface area is 175 Å². The van der Waals surface area contributed by atoms with Crippen molar-refractivity contribution in [1.82, 2.24) is 4.90 Å². The third-order valence-corrected chi connectivity index (χ3v) is 5.58. The normalized spacial score (nSPS) is 16.6. The van der Waals surface area contributed by atoms with Crippen LogP contribution in [0.5, 0.6) is 0 Å². The molecule has 3 aromatic carbocycles. The second-order valence-electron chi connectivity index (χ2n) is 7.50. The van der Waals surface area contributed by atoms with E-state index in [1.54, 1.807) is 4.90 Å². The van der Waals surface area contributed by atoms with Crippen molar-refractivity contribution in [3.63, 3.8) is 0 Å². The lowest BCUT2D eigenvalue weighted by atomic mass is 9.92. The van der Waals surface area contributed by atoms with Crippen LogP contribution in [0, 0.1) is 13.8 Å². The fraction of sp³-hybridized carbons (Fsp3) is 0.160. The second kappa shape index (κ2) is 7.76. The minimum absolute atomic E-state index is 0.187. The number of rotatable bonds is 4. The van der Waals surface area contributed by atoms with Crippen LogP contribution in [-0.4, -0.2) is 15.9 Å². The molecule has 0 aromatic heterocycles. The lowest BCUT2D eigenvalue weighted by Crippen LogP contribution is -2.29. The summed E-state index contributed by atoms with van der Waals surface area (Å²) in [7, 11) is 0. The minimum Gasteiger partial charge on any atom is -0.503 e. The lowest BCUT2D eigenvalue weighted by Gasteiger charge is -2.27. The number of aliphatic hydroxyl groups is 1. The maximum Gasteiger partial charge on any atom is 0.290 e. The molecule has 0 saturated carbocycles.